The smallest absolute Gasteiger partial charge is 0.162 e. The van der Waals surface area contributed by atoms with E-state index in [1.54, 1.807) is 11.3 Å². The number of nitrogens with zero attached hydrogens (tertiary/aromatic N) is 3. The van der Waals surface area contributed by atoms with E-state index in [1.165, 1.54) is 52.1 Å². The molecule has 0 saturated heterocycles. The maximum atomic E-state index is 5.34. The van der Waals surface area contributed by atoms with Crippen LogP contribution in [0, 0.1) is 0 Å². The van der Waals surface area contributed by atoms with Crippen LogP contribution in [0.2, 0.25) is 0 Å². The van der Waals surface area contributed by atoms with Gasteiger partial charge in [0.1, 0.15) is 0 Å². The second-order valence-corrected chi connectivity index (χ2v) is 13.5. The third kappa shape index (κ3) is 3.69. The van der Waals surface area contributed by atoms with Gasteiger partial charge in [0.2, 0.25) is 0 Å². The molecule has 0 atom stereocenters. The zero-order valence-electron chi connectivity index (χ0n) is 23.9. The van der Waals surface area contributed by atoms with Gasteiger partial charge in [-0.25, -0.2) is 9.97 Å². The van der Waals surface area contributed by atoms with Crippen LogP contribution in [-0.4, -0.2) is 14.5 Å². The molecule has 210 valence electrons. The van der Waals surface area contributed by atoms with E-state index in [0.717, 1.165) is 38.5 Å². The Labute approximate surface area is 266 Å². The van der Waals surface area contributed by atoms with Crippen molar-refractivity contribution < 1.29 is 0 Å². The van der Waals surface area contributed by atoms with Gasteiger partial charge in [0.05, 0.1) is 32.6 Å². The molecule has 0 aliphatic carbocycles. The SMILES string of the molecule is c1ccc(-c2nc(-c3ccccc3-n3c4ccccc4c4cc5sc6ccccc6c5cc43)nc3c2sc2ccccc23)cc1. The Bertz CT molecular complexity index is 2770. The van der Waals surface area contributed by atoms with Crippen molar-refractivity contribution in [3.05, 3.63) is 140 Å². The molecule has 0 radical (unpaired) electrons. The molecule has 0 aliphatic heterocycles. The monoisotopic (exact) mass is 609 g/mol. The van der Waals surface area contributed by atoms with E-state index in [4.69, 9.17) is 9.97 Å². The summed E-state index contributed by atoms with van der Waals surface area (Å²) in [6, 6.07) is 49.8. The first-order valence-electron chi connectivity index (χ1n) is 15.0. The van der Waals surface area contributed by atoms with Crippen LogP contribution in [0.3, 0.4) is 0 Å². The van der Waals surface area contributed by atoms with Crippen LogP contribution < -0.4 is 0 Å². The molecule has 4 heterocycles. The van der Waals surface area contributed by atoms with Crippen molar-refractivity contribution in [3.63, 3.8) is 0 Å². The summed E-state index contributed by atoms with van der Waals surface area (Å²) in [4.78, 5) is 10.7. The standard InChI is InChI=1S/C40H23N3S2/c1-2-12-24(13-3-1)37-39-38(28-17-7-11-21-35(28)45-39)42-40(41-37)27-16-5-9-19-32(27)43-31-18-8-4-14-25(31)29-23-36-30(22-33(29)43)26-15-6-10-20-34(26)44-36/h1-23H. The van der Waals surface area contributed by atoms with Gasteiger partial charge in [-0.05, 0) is 42.5 Å². The highest BCUT2D eigenvalue weighted by Gasteiger charge is 2.21. The second kappa shape index (κ2) is 9.57. The summed E-state index contributed by atoms with van der Waals surface area (Å²) in [6.45, 7) is 0. The number of thiophene rings is 2. The van der Waals surface area contributed by atoms with Crippen LogP contribution in [0.5, 0.6) is 0 Å². The first-order chi connectivity index (χ1) is 22.3. The Hall–Kier alpha value is -5.36. The summed E-state index contributed by atoms with van der Waals surface area (Å²) in [5.74, 6) is 0.730. The fourth-order valence-corrected chi connectivity index (χ4v) is 9.09. The lowest BCUT2D eigenvalue weighted by Crippen LogP contribution is -2.00. The molecule has 10 aromatic rings. The van der Waals surface area contributed by atoms with Crippen LogP contribution >= 0.6 is 22.7 Å². The zero-order valence-corrected chi connectivity index (χ0v) is 25.6. The number of fused-ring (bicyclic) bond motifs is 9. The highest BCUT2D eigenvalue weighted by molar-refractivity contribution is 7.26. The lowest BCUT2D eigenvalue weighted by atomic mass is 10.1. The number of benzene rings is 6. The number of hydrogen-bond acceptors (Lipinski definition) is 4. The molecule has 0 spiro atoms. The van der Waals surface area contributed by atoms with Gasteiger partial charge in [0.25, 0.3) is 0 Å². The van der Waals surface area contributed by atoms with Crippen molar-refractivity contribution in [2.24, 2.45) is 0 Å². The molecule has 6 aromatic carbocycles. The minimum absolute atomic E-state index is 0.730. The second-order valence-electron chi connectivity index (χ2n) is 11.4. The van der Waals surface area contributed by atoms with Crippen molar-refractivity contribution in [2.75, 3.05) is 0 Å². The Balaban J connectivity index is 1.31. The summed E-state index contributed by atoms with van der Waals surface area (Å²) in [6.07, 6.45) is 0. The molecule has 10 rings (SSSR count). The molecule has 0 amide bonds. The lowest BCUT2D eigenvalue weighted by molar-refractivity contribution is 1.16. The molecular weight excluding hydrogens is 587 g/mol. The molecule has 5 heteroatoms. The molecule has 0 N–H and O–H groups in total. The Morgan fingerprint density at radius 3 is 2.02 bits per heavy atom. The molecule has 45 heavy (non-hydrogen) atoms. The third-order valence-electron chi connectivity index (χ3n) is 8.82. The predicted molar refractivity (Wildman–Crippen MR) is 193 cm³/mol. The number of para-hydroxylation sites is 2. The highest BCUT2D eigenvalue weighted by atomic mass is 32.1. The van der Waals surface area contributed by atoms with Crippen LogP contribution in [0.15, 0.2) is 140 Å². The van der Waals surface area contributed by atoms with Crippen LogP contribution in [-0.2, 0) is 0 Å². The Kier molecular flexibility index (Phi) is 5.32. The van der Waals surface area contributed by atoms with Gasteiger partial charge in [-0.1, -0.05) is 97.1 Å². The minimum atomic E-state index is 0.730. The third-order valence-corrected chi connectivity index (χ3v) is 11.1. The molecule has 0 bridgehead atoms. The first-order valence-corrected chi connectivity index (χ1v) is 16.6. The molecule has 0 aliphatic rings. The molecule has 0 fully saturated rings. The molecule has 0 unspecified atom stereocenters. The Morgan fingerprint density at radius 2 is 1.16 bits per heavy atom. The van der Waals surface area contributed by atoms with E-state index in [2.05, 4.69) is 144 Å². The highest BCUT2D eigenvalue weighted by Crippen LogP contribution is 2.43. The van der Waals surface area contributed by atoms with Gasteiger partial charge < -0.3 is 4.57 Å². The van der Waals surface area contributed by atoms with Gasteiger partial charge in [-0.15, -0.1) is 22.7 Å². The maximum Gasteiger partial charge on any atom is 0.162 e. The summed E-state index contributed by atoms with van der Waals surface area (Å²) >= 11 is 3.63. The lowest BCUT2D eigenvalue weighted by Gasteiger charge is -2.14. The quantitative estimate of drug-likeness (QED) is 0.199. The first kappa shape index (κ1) is 25.0. The fraction of sp³-hybridized carbons (Fsp3) is 0. The molecular formula is C40H23N3S2. The zero-order chi connectivity index (χ0) is 29.5. The Morgan fingerprint density at radius 1 is 0.467 bits per heavy atom. The van der Waals surface area contributed by atoms with Gasteiger partial charge in [-0.2, -0.15) is 0 Å². The summed E-state index contributed by atoms with van der Waals surface area (Å²) in [5.41, 5.74) is 7.50. The van der Waals surface area contributed by atoms with Crippen molar-refractivity contribution in [3.8, 4) is 28.3 Å². The number of hydrogen-bond donors (Lipinski definition) is 0. The van der Waals surface area contributed by atoms with E-state index in [0.29, 0.717) is 0 Å². The van der Waals surface area contributed by atoms with Crippen molar-refractivity contribution >= 4 is 85.0 Å². The van der Waals surface area contributed by atoms with E-state index < -0.39 is 0 Å². The molecule has 3 nitrogen and oxygen atoms in total. The predicted octanol–water partition coefficient (Wildman–Crippen LogP) is 11.6. The van der Waals surface area contributed by atoms with E-state index in [-0.39, 0.29) is 0 Å². The van der Waals surface area contributed by atoms with Crippen molar-refractivity contribution in [1.29, 1.82) is 0 Å². The van der Waals surface area contributed by atoms with Crippen LogP contribution in [0.25, 0.3) is 90.6 Å². The minimum Gasteiger partial charge on any atom is -0.308 e. The van der Waals surface area contributed by atoms with E-state index in [1.807, 2.05) is 11.3 Å². The van der Waals surface area contributed by atoms with E-state index in [9.17, 15) is 0 Å². The van der Waals surface area contributed by atoms with Crippen LogP contribution in [0.1, 0.15) is 0 Å². The topological polar surface area (TPSA) is 30.7 Å². The van der Waals surface area contributed by atoms with Gasteiger partial charge in [0, 0.05) is 52.2 Å². The largest absolute Gasteiger partial charge is 0.308 e. The fourth-order valence-electron chi connectivity index (χ4n) is 6.81. The maximum absolute atomic E-state index is 5.34. The average molecular weight is 610 g/mol. The average Bonchev–Trinajstić information content (AvgIpc) is 3.76. The van der Waals surface area contributed by atoms with E-state index >= 15 is 0 Å². The normalized spacial score (nSPS) is 12.0. The van der Waals surface area contributed by atoms with Crippen molar-refractivity contribution in [1.82, 2.24) is 14.5 Å². The van der Waals surface area contributed by atoms with Crippen molar-refractivity contribution in [2.45, 2.75) is 0 Å². The summed E-state index contributed by atoms with van der Waals surface area (Å²) in [7, 11) is 0. The summed E-state index contributed by atoms with van der Waals surface area (Å²) < 4.78 is 7.37. The number of rotatable bonds is 3. The van der Waals surface area contributed by atoms with Crippen LogP contribution in [0.4, 0.5) is 0 Å². The molecule has 4 aromatic heterocycles. The van der Waals surface area contributed by atoms with Gasteiger partial charge >= 0.3 is 0 Å². The van der Waals surface area contributed by atoms with Gasteiger partial charge in [-0.3, -0.25) is 0 Å². The molecule has 0 saturated carbocycles. The van der Waals surface area contributed by atoms with Gasteiger partial charge in [0.15, 0.2) is 5.82 Å². The number of aromatic nitrogens is 3. The summed E-state index contributed by atoms with van der Waals surface area (Å²) in [5, 5.41) is 6.25.